The van der Waals surface area contributed by atoms with Gasteiger partial charge in [0.1, 0.15) is 5.78 Å². The molecule has 0 N–H and O–H groups in total. The molecule has 1 saturated carbocycles. The van der Waals surface area contributed by atoms with E-state index in [2.05, 4.69) is 11.1 Å². The summed E-state index contributed by atoms with van der Waals surface area (Å²) in [6.07, 6.45) is 4.60. The summed E-state index contributed by atoms with van der Waals surface area (Å²) in [5, 5.41) is 1.12. The smallest absolute Gasteiger partial charge is 0.140 e. The number of pyridine rings is 1. The molecule has 80 valence electrons. The maximum Gasteiger partial charge on any atom is 0.140 e. The topological polar surface area (TPSA) is 30.0 Å². The number of benzene rings is 1. The molecule has 0 amide bonds. The van der Waals surface area contributed by atoms with Crippen LogP contribution in [0.15, 0.2) is 36.5 Å². The van der Waals surface area contributed by atoms with E-state index in [9.17, 15) is 4.79 Å². The van der Waals surface area contributed by atoms with Crippen LogP contribution in [0.4, 0.5) is 0 Å². The molecule has 0 aliphatic heterocycles. The molecule has 3 rings (SSSR count). The predicted molar refractivity (Wildman–Crippen MR) is 63.3 cm³/mol. The average molecular weight is 211 g/mol. The van der Waals surface area contributed by atoms with E-state index in [-0.39, 0.29) is 5.92 Å². The highest BCUT2D eigenvalue weighted by Gasteiger charge is 2.26. The van der Waals surface area contributed by atoms with Gasteiger partial charge >= 0.3 is 0 Å². The Hall–Kier alpha value is -1.70. The third-order valence-electron chi connectivity index (χ3n) is 3.32. The van der Waals surface area contributed by atoms with Gasteiger partial charge in [-0.1, -0.05) is 18.2 Å². The molecule has 2 aromatic rings. The highest BCUT2D eigenvalue weighted by Crippen LogP contribution is 2.31. The normalized spacial score (nSPS) is 20.5. The first-order valence-electron chi connectivity index (χ1n) is 5.72. The summed E-state index contributed by atoms with van der Waals surface area (Å²) in [7, 11) is 0. The third kappa shape index (κ3) is 1.51. The molecule has 16 heavy (non-hydrogen) atoms. The quantitative estimate of drug-likeness (QED) is 0.725. The molecule has 0 radical (unpaired) electrons. The second-order valence-electron chi connectivity index (χ2n) is 4.37. The lowest BCUT2D eigenvalue weighted by Gasteiger charge is -2.08. The molecule has 2 heteroatoms. The van der Waals surface area contributed by atoms with Gasteiger partial charge in [0, 0.05) is 23.9 Å². The van der Waals surface area contributed by atoms with E-state index in [0.29, 0.717) is 5.78 Å². The molecule has 1 aromatic carbocycles. The fraction of sp³-hybridized carbons (Fsp3) is 0.286. The highest BCUT2D eigenvalue weighted by molar-refractivity contribution is 5.89. The molecule has 1 unspecified atom stereocenters. The molecular formula is C14H13NO. The lowest BCUT2D eigenvalue weighted by Crippen LogP contribution is -2.04. The Kier molecular flexibility index (Phi) is 2.21. The molecule has 1 fully saturated rings. The molecule has 1 aliphatic carbocycles. The summed E-state index contributed by atoms with van der Waals surface area (Å²) in [5.74, 6) is 0.467. The van der Waals surface area contributed by atoms with Gasteiger partial charge in [0.2, 0.25) is 0 Å². The Morgan fingerprint density at radius 2 is 2.12 bits per heavy atom. The number of aromatic nitrogens is 1. The van der Waals surface area contributed by atoms with E-state index in [1.807, 2.05) is 30.5 Å². The van der Waals surface area contributed by atoms with Crippen LogP contribution in [-0.2, 0) is 4.79 Å². The number of hydrogen-bond donors (Lipinski definition) is 0. The number of nitrogens with zero attached hydrogens (tertiary/aromatic N) is 1. The third-order valence-corrected chi connectivity index (χ3v) is 3.32. The number of para-hydroxylation sites is 1. The summed E-state index contributed by atoms with van der Waals surface area (Å²) in [6.45, 7) is 0. The second kappa shape index (κ2) is 3.71. The van der Waals surface area contributed by atoms with Crippen LogP contribution in [0.1, 0.15) is 30.7 Å². The van der Waals surface area contributed by atoms with Crippen LogP contribution < -0.4 is 0 Å². The van der Waals surface area contributed by atoms with E-state index < -0.39 is 0 Å². The van der Waals surface area contributed by atoms with E-state index in [4.69, 9.17) is 0 Å². The van der Waals surface area contributed by atoms with E-state index in [1.54, 1.807) is 0 Å². The van der Waals surface area contributed by atoms with Gasteiger partial charge in [-0.2, -0.15) is 0 Å². The summed E-state index contributed by atoms with van der Waals surface area (Å²) in [5.41, 5.74) is 2.08. The number of carbonyl (C=O) groups is 1. The van der Waals surface area contributed by atoms with Crippen molar-refractivity contribution in [2.75, 3.05) is 0 Å². The van der Waals surface area contributed by atoms with Crippen molar-refractivity contribution in [2.45, 2.75) is 25.2 Å². The molecule has 0 spiro atoms. The van der Waals surface area contributed by atoms with Gasteiger partial charge in [0.15, 0.2) is 0 Å². The van der Waals surface area contributed by atoms with Gasteiger partial charge in [0.05, 0.1) is 5.52 Å². The van der Waals surface area contributed by atoms with Crippen LogP contribution in [-0.4, -0.2) is 10.8 Å². The van der Waals surface area contributed by atoms with Gasteiger partial charge in [-0.25, -0.2) is 0 Å². The zero-order chi connectivity index (χ0) is 11.0. The van der Waals surface area contributed by atoms with Crippen LogP contribution >= 0.6 is 0 Å². The molecule has 1 aromatic heterocycles. The summed E-state index contributed by atoms with van der Waals surface area (Å²) in [6, 6.07) is 10.1. The first-order chi connectivity index (χ1) is 7.84. The number of Topliss-reactive ketones (excluding diaryl/α,β-unsaturated/α-hetero) is 1. The number of rotatable bonds is 1. The first-order valence-corrected chi connectivity index (χ1v) is 5.72. The predicted octanol–water partition coefficient (Wildman–Crippen LogP) is 3.07. The Labute approximate surface area is 94.3 Å². The maximum atomic E-state index is 11.7. The minimum absolute atomic E-state index is 0.0945. The van der Waals surface area contributed by atoms with E-state index in [0.717, 1.165) is 35.7 Å². The van der Waals surface area contributed by atoms with Crippen molar-refractivity contribution in [1.29, 1.82) is 0 Å². The molecule has 0 bridgehead atoms. The molecule has 2 nitrogen and oxygen atoms in total. The fourth-order valence-electron chi connectivity index (χ4n) is 2.45. The van der Waals surface area contributed by atoms with E-state index in [1.165, 1.54) is 0 Å². The average Bonchev–Trinajstić information content (AvgIpc) is 2.75. The zero-order valence-corrected chi connectivity index (χ0v) is 9.02. The lowest BCUT2D eigenvalue weighted by molar-refractivity contribution is -0.118. The van der Waals surface area contributed by atoms with Crippen LogP contribution in [0.3, 0.4) is 0 Å². The standard InChI is InChI=1S/C14H13NO/c16-14-7-3-5-12(14)11-8-10-4-1-2-6-13(10)15-9-11/h1-2,4,6,8-9,12H,3,5,7H2. The van der Waals surface area contributed by atoms with Gasteiger partial charge in [-0.15, -0.1) is 0 Å². The van der Waals surface area contributed by atoms with Gasteiger partial charge < -0.3 is 0 Å². The number of hydrogen-bond acceptors (Lipinski definition) is 2. The van der Waals surface area contributed by atoms with Crippen LogP contribution in [0.25, 0.3) is 10.9 Å². The van der Waals surface area contributed by atoms with Crippen molar-refractivity contribution in [1.82, 2.24) is 4.98 Å². The molecule has 1 atom stereocenters. The molecule has 1 heterocycles. The van der Waals surface area contributed by atoms with Crippen molar-refractivity contribution in [2.24, 2.45) is 0 Å². The Balaban J connectivity index is 2.08. The maximum absolute atomic E-state index is 11.7. The monoisotopic (exact) mass is 211 g/mol. The highest BCUT2D eigenvalue weighted by atomic mass is 16.1. The van der Waals surface area contributed by atoms with Gasteiger partial charge in [-0.3, -0.25) is 9.78 Å². The Morgan fingerprint density at radius 1 is 1.25 bits per heavy atom. The number of carbonyl (C=O) groups excluding carboxylic acids is 1. The SMILES string of the molecule is O=C1CCCC1c1cnc2ccccc2c1. The summed E-state index contributed by atoms with van der Waals surface area (Å²) in [4.78, 5) is 16.1. The molecule has 0 saturated heterocycles. The molecule has 1 aliphatic rings. The van der Waals surface area contributed by atoms with Crippen LogP contribution in [0.5, 0.6) is 0 Å². The summed E-state index contributed by atoms with van der Waals surface area (Å²) < 4.78 is 0. The van der Waals surface area contributed by atoms with Gasteiger partial charge in [0.25, 0.3) is 0 Å². The fourth-order valence-corrected chi connectivity index (χ4v) is 2.45. The van der Waals surface area contributed by atoms with Crippen molar-refractivity contribution in [3.8, 4) is 0 Å². The minimum Gasteiger partial charge on any atom is -0.299 e. The van der Waals surface area contributed by atoms with Crippen molar-refractivity contribution < 1.29 is 4.79 Å². The number of ketones is 1. The Morgan fingerprint density at radius 3 is 2.94 bits per heavy atom. The molecular weight excluding hydrogens is 198 g/mol. The van der Waals surface area contributed by atoms with Crippen molar-refractivity contribution >= 4 is 16.7 Å². The van der Waals surface area contributed by atoms with Crippen LogP contribution in [0.2, 0.25) is 0 Å². The van der Waals surface area contributed by atoms with Crippen LogP contribution in [0, 0.1) is 0 Å². The Bertz CT molecular complexity index is 547. The van der Waals surface area contributed by atoms with Crippen molar-refractivity contribution in [3.63, 3.8) is 0 Å². The zero-order valence-electron chi connectivity index (χ0n) is 9.02. The van der Waals surface area contributed by atoms with Gasteiger partial charge in [-0.05, 0) is 30.5 Å². The number of fused-ring (bicyclic) bond motifs is 1. The largest absolute Gasteiger partial charge is 0.299 e. The first kappa shape index (κ1) is 9.52. The lowest BCUT2D eigenvalue weighted by atomic mass is 9.97. The second-order valence-corrected chi connectivity index (χ2v) is 4.37. The van der Waals surface area contributed by atoms with Crippen molar-refractivity contribution in [3.05, 3.63) is 42.1 Å². The van der Waals surface area contributed by atoms with E-state index >= 15 is 0 Å². The summed E-state index contributed by atoms with van der Waals surface area (Å²) >= 11 is 0. The minimum atomic E-state index is 0.0945.